The van der Waals surface area contributed by atoms with Crippen molar-refractivity contribution in [3.8, 4) is 39.3 Å². The first-order valence-corrected chi connectivity index (χ1v) is 22.9. The fraction of sp³-hybridized carbons (Fsp3) is 0.216. The van der Waals surface area contributed by atoms with E-state index in [9.17, 15) is 0 Å². The van der Waals surface area contributed by atoms with Crippen molar-refractivity contribution in [2.24, 2.45) is 5.41 Å². The Balaban J connectivity index is 0.000000209. The Morgan fingerprint density at radius 2 is 1.30 bits per heavy atom. The summed E-state index contributed by atoms with van der Waals surface area (Å²) in [5.41, 5.74) is 13.0. The van der Waals surface area contributed by atoms with Gasteiger partial charge in [0.25, 0.3) is 0 Å². The van der Waals surface area contributed by atoms with E-state index in [0.29, 0.717) is 5.92 Å². The van der Waals surface area contributed by atoms with Gasteiger partial charge in [-0.15, -0.1) is 59.7 Å². The van der Waals surface area contributed by atoms with Crippen LogP contribution in [0.4, 0.5) is 0 Å². The first-order chi connectivity index (χ1) is 26.4. The number of aromatic nitrogens is 3. The van der Waals surface area contributed by atoms with E-state index in [1.54, 1.807) is 0 Å². The third-order valence-electron chi connectivity index (χ3n) is 10.0. The molecular formula is C51H51IrN3Si-2. The Morgan fingerprint density at radius 3 is 1.96 bits per heavy atom. The van der Waals surface area contributed by atoms with Crippen LogP contribution in [0.2, 0.25) is 19.6 Å². The third-order valence-corrected chi connectivity index (χ3v) is 12.1. The molecule has 0 aliphatic rings. The molecule has 0 spiro atoms. The van der Waals surface area contributed by atoms with E-state index >= 15 is 0 Å². The monoisotopic (exact) mass is 926 g/mol. The van der Waals surface area contributed by atoms with E-state index < -0.39 is 8.07 Å². The number of pyridine rings is 2. The van der Waals surface area contributed by atoms with Crippen LogP contribution in [-0.4, -0.2) is 22.6 Å². The molecule has 285 valence electrons. The molecule has 0 aliphatic heterocycles. The van der Waals surface area contributed by atoms with E-state index in [-0.39, 0.29) is 25.5 Å². The minimum Gasteiger partial charge on any atom is -0.351 e. The standard InChI is InChI=1S/C32H25N2.C19H26NSi.Ir/c1-22(2)29-21-33-30(20-27(29)23-11-5-3-6-12-23)24-17-18-32-28(19-24)26-15-9-10-16-31(26)34(32)25-13-7-4-8-14-25;1-19(2,3)13-16-12-17(15-10-8-7-9-11-15)20-14-18(16)21(4,5)6;/h3-16,18-22H,1-2H3;7-10,12,14H,13H2,1-6H3;/q2*-1;. The number of para-hydroxylation sites is 2. The Bertz CT molecular complexity index is 2550. The van der Waals surface area contributed by atoms with Gasteiger partial charge in [-0.2, -0.15) is 0 Å². The fourth-order valence-electron chi connectivity index (χ4n) is 7.44. The second kappa shape index (κ2) is 17.1. The summed E-state index contributed by atoms with van der Waals surface area (Å²) in [5, 5.41) is 3.93. The maximum Gasteiger partial charge on any atom is 0.0798 e. The number of benzene rings is 5. The van der Waals surface area contributed by atoms with Gasteiger partial charge in [0.15, 0.2) is 0 Å². The maximum atomic E-state index is 4.87. The number of nitrogens with zero attached hydrogens (tertiary/aromatic N) is 3. The molecule has 8 rings (SSSR count). The molecule has 1 radical (unpaired) electrons. The van der Waals surface area contributed by atoms with Crippen LogP contribution in [0.3, 0.4) is 0 Å². The second-order valence-electron chi connectivity index (χ2n) is 17.0. The predicted molar refractivity (Wildman–Crippen MR) is 237 cm³/mol. The van der Waals surface area contributed by atoms with E-state index in [4.69, 9.17) is 9.97 Å². The Labute approximate surface area is 348 Å². The van der Waals surface area contributed by atoms with Gasteiger partial charge in [0.2, 0.25) is 0 Å². The van der Waals surface area contributed by atoms with Crippen molar-refractivity contribution in [1.29, 1.82) is 0 Å². The first-order valence-electron chi connectivity index (χ1n) is 19.4. The van der Waals surface area contributed by atoms with Crippen LogP contribution in [0.1, 0.15) is 51.7 Å². The van der Waals surface area contributed by atoms with Crippen molar-refractivity contribution in [2.75, 3.05) is 0 Å². The zero-order valence-electron chi connectivity index (χ0n) is 33.8. The van der Waals surface area contributed by atoms with Crippen molar-refractivity contribution >= 4 is 35.1 Å². The summed E-state index contributed by atoms with van der Waals surface area (Å²) in [4.78, 5) is 9.58. The summed E-state index contributed by atoms with van der Waals surface area (Å²) in [7, 11) is -1.37. The van der Waals surface area contributed by atoms with Gasteiger partial charge in [-0.3, -0.25) is 0 Å². The predicted octanol–water partition coefficient (Wildman–Crippen LogP) is 13.1. The molecular weight excluding hydrogens is 875 g/mol. The van der Waals surface area contributed by atoms with Gasteiger partial charge in [-0.25, -0.2) is 0 Å². The maximum absolute atomic E-state index is 4.87. The van der Waals surface area contributed by atoms with E-state index in [0.717, 1.165) is 40.1 Å². The quantitative estimate of drug-likeness (QED) is 0.118. The number of hydrogen-bond donors (Lipinski definition) is 0. The smallest absolute Gasteiger partial charge is 0.0798 e. The van der Waals surface area contributed by atoms with Crippen molar-refractivity contribution < 1.29 is 20.1 Å². The van der Waals surface area contributed by atoms with Crippen molar-refractivity contribution in [2.45, 2.75) is 66.6 Å². The molecule has 0 saturated heterocycles. The molecule has 0 aliphatic carbocycles. The Kier molecular flexibility index (Phi) is 12.4. The molecule has 0 amide bonds. The van der Waals surface area contributed by atoms with Gasteiger partial charge in [-0.05, 0) is 80.1 Å². The summed E-state index contributed by atoms with van der Waals surface area (Å²) in [6.45, 7) is 18.5. The normalized spacial score (nSPS) is 11.7. The summed E-state index contributed by atoms with van der Waals surface area (Å²) in [6, 6.07) is 53.5. The zero-order valence-corrected chi connectivity index (χ0v) is 37.2. The molecule has 56 heavy (non-hydrogen) atoms. The molecule has 3 nitrogen and oxygen atoms in total. The molecule has 5 heteroatoms. The van der Waals surface area contributed by atoms with Gasteiger partial charge in [0, 0.05) is 43.7 Å². The number of fused-ring (bicyclic) bond motifs is 3. The zero-order chi connectivity index (χ0) is 38.7. The Morgan fingerprint density at radius 1 is 0.661 bits per heavy atom. The number of rotatable bonds is 7. The SMILES string of the molecule is CC(C)(C)Cc1cc(-c2[c-]cccc2)ncc1[Si](C)(C)C.CC(C)c1cnc(-c2[c-]cc3c(c2)c2ccccc2n3-c2ccccc2)cc1-c1ccccc1.[Ir]. The molecule has 0 fully saturated rings. The van der Waals surface area contributed by atoms with Crippen LogP contribution in [0.25, 0.3) is 61.1 Å². The molecule has 0 saturated carbocycles. The third kappa shape index (κ3) is 9.03. The summed E-state index contributed by atoms with van der Waals surface area (Å²) >= 11 is 0. The average Bonchev–Trinajstić information content (AvgIpc) is 3.51. The topological polar surface area (TPSA) is 30.7 Å². The average molecular weight is 926 g/mol. The van der Waals surface area contributed by atoms with Gasteiger partial charge in [-0.1, -0.05) is 144 Å². The van der Waals surface area contributed by atoms with Gasteiger partial charge in [0.05, 0.1) is 8.07 Å². The van der Waals surface area contributed by atoms with E-state index in [2.05, 4.69) is 192 Å². The van der Waals surface area contributed by atoms with Crippen LogP contribution in [0, 0.1) is 17.5 Å². The molecule has 0 bridgehead atoms. The molecule has 3 aromatic heterocycles. The van der Waals surface area contributed by atoms with Crippen LogP contribution in [-0.2, 0) is 26.5 Å². The van der Waals surface area contributed by atoms with Crippen molar-refractivity contribution in [3.05, 3.63) is 169 Å². The first kappa shape index (κ1) is 40.7. The van der Waals surface area contributed by atoms with Crippen molar-refractivity contribution in [1.82, 2.24) is 14.5 Å². The summed E-state index contributed by atoms with van der Waals surface area (Å²) in [5.74, 6) is 0.395. The minimum atomic E-state index is -1.37. The molecule has 0 unspecified atom stereocenters. The molecule has 0 atom stereocenters. The van der Waals surface area contributed by atoms with Crippen LogP contribution < -0.4 is 5.19 Å². The molecule has 5 aromatic carbocycles. The largest absolute Gasteiger partial charge is 0.351 e. The van der Waals surface area contributed by atoms with Crippen LogP contribution >= 0.6 is 0 Å². The fourth-order valence-corrected chi connectivity index (χ4v) is 9.02. The van der Waals surface area contributed by atoms with Gasteiger partial charge < -0.3 is 14.5 Å². The molecule has 0 N–H and O–H groups in total. The van der Waals surface area contributed by atoms with Gasteiger partial charge >= 0.3 is 0 Å². The van der Waals surface area contributed by atoms with Crippen LogP contribution in [0.15, 0.2) is 146 Å². The van der Waals surface area contributed by atoms with Gasteiger partial charge in [0.1, 0.15) is 0 Å². The Hall–Kier alpha value is -4.93. The molecule has 8 aromatic rings. The minimum absolute atomic E-state index is 0. The second-order valence-corrected chi connectivity index (χ2v) is 22.0. The van der Waals surface area contributed by atoms with E-state index in [1.807, 2.05) is 24.4 Å². The molecule has 3 heterocycles. The summed E-state index contributed by atoms with van der Waals surface area (Å²) < 4.78 is 2.32. The van der Waals surface area contributed by atoms with Crippen molar-refractivity contribution in [3.63, 3.8) is 0 Å². The summed E-state index contributed by atoms with van der Waals surface area (Å²) in [6.07, 6.45) is 5.24. The van der Waals surface area contributed by atoms with Crippen LogP contribution in [0.5, 0.6) is 0 Å². The number of hydrogen-bond acceptors (Lipinski definition) is 2. The van der Waals surface area contributed by atoms with E-state index in [1.165, 1.54) is 43.7 Å².